The number of aromatic nitrogens is 1. The molecular weight excluding hydrogens is 182 g/mol. The number of anilines is 1. The molecular formula is C7H6F2N2O2. The molecule has 4 nitrogen and oxygen atoms in total. The Labute approximate surface area is 72.0 Å². The van der Waals surface area contributed by atoms with Gasteiger partial charge in [-0.25, -0.2) is 13.8 Å². The van der Waals surface area contributed by atoms with E-state index in [-0.39, 0.29) is 6.29 Å². The molecule has 0 aliphatic rings. The Hall–Kier alpha value is -1.72. The van der Waals surface area contributed by atoms with E-state index in [1.54, 1.807) is 0 Å². The Morgan fingerprint density at radius 3 is 2.62 bits per heavy atom. The lowest BCUT2D eigenvalue weighted by molar-refractivity contribution is 0.110. The highest BCUT2D eigenvalue weighted by atomic mass is 19.3. The van der Waals surface area contributed by atoms with Gasteiger partial charge in [0.25, 0.3) is 6.43 Å². The standard InChI is InChI=1S/C7H6F2N2O2/c8-6(9)5-3(2-12)4(13)1-11-7(5)10/h1-2,6,13H,(H2,10,11). The van der Waals surface area contributed by atoms with Crippen molar-refractivity contribution in [3.8, 4) is 5.75 Å². The number of rotatable bonds is 2. The summed E-state index contributed by atoms with van der Waals surface area (Å²) in [5.41, 5.74) is 3.87. The van der Waals surface area contributed by atoms with E-state index in [2.05, 4.69) is 4.98 Å². The molecule has 3 N–H and O–H groups in total. The summed E-state index contributed by atoms with van der Waals surface area (Å²) in [5.74, 6) is -1.05. The van der Waals surface area contributed by atoms with Crippen LogP contribution in [-0.4, -0.2) is 16.4 Å². The van der Waals surface area contributed by atoms with E-state index < -0.39 is 29.1 Å². The lowest BCUT2D eigenvalue weighted by Gasteiger charge is -2.07. The Morgan fingerprint density at radius 1 is 1.62 bits per heavy atom. The maximum Gasteiger partial charge on any atom is 0.268 e. The van der Waals surface area contributed by atoms with Crippen LogP contribution in [0.5, 0.6) is 5.75 Å². The lowest BCUT2D eigenvalue weighted by atomic mass is 10.1. The molecule has 70 valence electrons. The first-order chi connectivity index (χ1) is 6.07. The third kappa shape index (κ3) is 1.56. The maximum atomic E-state index is 12.3. The van der Waals surface area contributed by atoms with Gasteiger partial charge in [0, 0.05) is 0 Å². The number of hydrogen-bond acceptors (Lipinski definition) is 4. The largest absolute Gasteiger partial charge is 0.506 e. The van der Waals surface area contributed by atoms with Crippen LogP contribution in [0, 0.1) is 0 Å². The van der Waals surface area contributed by atoms with Gasteiger partial charge in [-0.3, -0.25) is 4.79 Å². The lowest BCUT2D eigenvalue weighted by Crippen LogP contribution is -2.02. The van der Waals surface area contributed by atoms with Gasteiger partial charge in [0.05, 0.1) is 17.3 Å². The van der Waals surface area contributed by atoms with Crippen LogP contribution in [0.25, 0.3) is 0 Å². The van der Waals surface area contributed by atoms with Gasteiger partial charge in [0.2, 0.25) is 0 Å². The molecule has 0 aliphatic heterocycles. The molecule has 0 fully saturated rings. The van der Waals surface area contributed by atoms with Gasteiger partial charge in [0.1, 0.15) is 11.6 Å². The van der Waals surface area contributed by atoms with E-state index in [0.717, 1.165) is 6.20 Å². The average molecular weight is 188 g/mol. The summed E-state index contributed by atoms with van der Waals surface area (Å²) >= 11 is 0. The van der Waals surface area contributed by atoms with Gasteiger partial charge in [-0.2, -0.15) is 0 Å². The molecule has 0 saturated heterocycles. The number of alkyl halides is 2. The second kappa shape index (κ2) is 3.34. The molecule has 0 atom stereocenters. The summed E-state index contributed by atoms with van der Waals surface area (Å²) in [7, 11) is 0. The van der Waals surface area contributed by atoms with Crippen LogP contribution < -0.4 is 5.73 Å². The fraction of sp³-hybridized carbons (Fsp3) is 0.143. The van der Waals surface area contributed by atoms with E-state index >= 15 is 0 Å². The van der Waals surface area contributed by atoms with Crippen molar-refractivity contribution < 1.29 is 18.7 Å². The summed E-state index contributed by atoms with van der Waals surface area (Å²) in [6, 6.07) is 0. The topological polar surface area (TPSA) is 76.2 Å². The van der Waals surface area contributed by atoms with Crippen molar-refractivity contribution in [3.05, 3.63) is 17.3 Å². The summed E-state index contributed by atoms with van der Waals surface area (Å²) in [6.45, 7) is 0. The highest BCUT2D eigenvalue weighted by Crippen LogP contribution is 2.30. The number of aldehydes is 1. The van der Waals surface area contributed by atoms with E-state index in [4.69, 9.17) is 10.8 Å². The number of pyridine rings is 1. The summed E-state index contributed by atoms with van der Waals surface area (Å²) < 4.78 is 24.5. The molecule has 6 heteroatoms. The van der Waals surface area contributed by atoms with Crippen LogP contribution in [-0.2, 0) is 0 Å². The molecule has 0 unspecified atom stereocenters. The number of nitrogens with zero attached hydrogens (tertiary/aromatic N) is 1. The van der Waals surface area contributed by atoms with Crippen LogP contribution in [0.1, 0.15) is 22.3 Å². The minimum Gasteiger partial charge on any atom is -0.506 e. The van der Waals surface area contributed by atoms with Crippen LogP contribution >= 0.6 is 0 Å². The first kappa shape index (κ1) is 9.37. The zero-order valence-electron chi connectivity index (χ0n) is 6.37. The zero-order chi connectivity index (χ0) is 10.0. The normalized spacial score (nSPS) is 10.4. The van der Waals surface area contributed by atoms with E-state index in [9.17, 15) is 13.6 Å². The van der Waals surface area contributed by atoms with Crippen molar-refractivity contribution in [3.63, 3.8) is 0 Å². The fourth-order valence-electron chi connectivity index (χ4n) is 0.899. The Bertz CT molecular complexity index is 342. The van der Waals surface area contributed by atoms with Gasteiger partial charge in [0.15, 0.2) is 6.29 Å². The van der Waals surface area contributed by atoms with Crippen LogP contribution in [0.2, 0.25) is 0 Å². The Balaban J connectivity index is 3.43. The van der Waals surface area contributed by atoms with Gasteiger partial charge in [-0.15, -0.1) is 0 Å². The summed E-state index contributed by atoms with van der Waals surface area (Å²) in [4.78, 5) is 13.6. The van der Waals surface area contributed by atoms with Crippen molar-refractivity contribution in [2.24, 2.45) is 0 Å². The Kier molecular flexibility index (Phi) is 2.41. The molecule has 0 aliphatic carbocycles. The number of hydrogen-bond donors (Lipinski definition) is 2. The first-order valence-electron chi connectivity index (χ1n) is 3.28. The number of nitrogen functional groups attached to an aromatic ring is 1. The molecule has 13 heavy (non-hydrogen) atoms. The molecule has 1 heterocycles. The highest BCUT2D eigenvalue weighted by Gasteiger charge is 2.20. The van der Waals surface area contributed by atoms with Crippen molar-refractivity contribution in [1.82, 2.24) is 4.98 Å². The van der Waals surface area contributed by atoms with Crippen LogP contribution in [0.15, 0.2) is 6.20 Å². The van der Waals surface area contributed by atoms with Gasteiger partial charge in [-0.1, -0.05) is 0 Å². The zero-order valence-corrected chi connectivity index (χ0v) is 6.37. The van der Waals surface area contributed by atoms with E-state index in [0.29, 0.717) is 0 Å². The smallest absolute Gasteiger partial charge is 0.268 e. The number of carbonyl (C=O) groups excluding carboxylic acids is 1. The second-order valence-electron chi connectivity index (χ2n) is 2.27. The number of carbonyl (C=O) groups is 1. The third-order valence-corrected chi connectivity index (χ3v) is 1.50. The molecule has 0 saturated carbocycles. The highest BCUT2D eigenvalue weighted by molar-refractivity contribution is 5.83. The van der Waals surface area contributed by atoms with Crippen molar-refractivity contribution in [2.45, 2.75) is 6.43 Å². The number of halogens is 2. The Morgan fingerprint density at radius 2 is 2.23 bits per heavy atom. The molecule has 1 aromatic rings. The molecule has 0 spiro atoms. The number of nitrogens with two attached hydrogens (primary N) is 1. The van der Waals surface area contributed by atoms with Gasteiger partial charge < -0.3 is 10.8 Å². The van der Waals surface area contributed by atoms with Gasteiger partial charge >= 0.3 is 0 Å². The minimum atomic E-state index is -2.93. The monoisotopic (exact) mass is 188 g/mol. The molecule has 1 aromatic heterocycles. The minimum absolute atomic E-state index is 0.120. The SMILES string of the molecule is Nc1ncc(O)c(C=O)c1C(F)F. The van der Waals surface area contributed by atoms with Crippen molar-refractivity contribution >= 4 is 12.1 Å². The van der Waals surface area contributed by atoms with Crippen molar-refractivity contribution in [1.29, 1.82) is 0 Å². The van der Waals surface area contributed by atoms with E-state index in [1.165, 1.54) is 0 Å². The second-order valence-corrected chi connectivity index (χ2v) is 2.27. The van der Waals surface area contributed by atoms with Gasteiger partial charge in [-0.05, 0) is 0 Å². The quantitative estimate of drug-likeness (QED) is 0.682. The molecule has 0 aromatic carbocycles. The number of aromatic hydroxyl groups is 1. The van der Waals surface area contributed by atoms with E-state index in [1.807, 2.05) is 0 Å². The third-order valence-electron chi connectivity index (χ3n) is 1.50. The summed E-state index contributed by atoms with van der Waals surface area (Å²) in [5, 5.41) is 8.98. The van der Waals surface area contributed by atoms with Crippen LogP contribution in [0.3, 0.4) is 0 Å². The fourth-order valence-corrected chi connectivity index (χ4v) is 0.899. The molecule has 1 rings (SSSR count). The van der Waals surface area contributed by atoms with Crippen molar-refractivity contribution in [2.75, 3.05) is 5.73 Å². The summed E-state index contributed by atoms with van der Waals surface area (Å²) in [6.07, 6.45) is -1.96. The maximum absolute atomic E-state index is 12.3. The van der Waals surface area contributed by atoms with Crippen LogP contribution in [0.4, 0.5) is 14.6 Å². The molecule has 0 amide bonds. The molecule has 0 radical (unpaired) electrons. The molecule has 0 bridgehead atoms. The average Bonchev–Trinajstić information content (AvgIpc) is 2.07. The first-order valence-corrected chi connectivity index (χ1v) is 3.28. The predicted octanol–water partition coefficient (Wildman–Crippen LogP) is 1.12. The predicted molar refractivity (Wildman–Crippen MR) is 40.7 cm³/mol.